The molecule has 1 saturated carbocycles. The fourth-order valence-electron chi connectivity index (χ4n) is 1.61. The Kier molecular flexibility index (Phi) is 2.99. The van der Waals surface area contributed by atoms with Crippen LogP contribution in [0.3, 0.4) is 0 Å². The van der Waals surface area contributed by atoms with E-state index in [9.17, 15) is 15.0 Å². The Balaban J connectivity index is 1.93. The first kappa shape index (κ1) is 10.8. The highest BCUT2D eigenvalue weighted by molar-refractivity contribution is 5.97. The summed E-state index contributed by atoms with van der Waals surface area (Å²) < 4.78 is 0. The van der Waals surface area contributed by atoms with Crippen LogP contribution in [-0.2, 0) is 0 Å². The minimum Gasteiger partial charge on any atom is -0.504 e. The quantitative estimate of drug-likeness (QED) is 0.677. The first-order valence-corrected chi connectivity index (χ1v) is 5.47. The van der Waals surface area contributed by atoms with Crippen molar-refractivity contribution in [2.24, 2.45) is 5.92 Å². The first-order chi connectivity index (χ1) is 7.68. The average Bonchev–Trinajstić information content (AvgIpc) is 3.06. The smallest absolute Gasteiger partial charge is 0.255 e. The summed E-state index contributed by atoms with van der Waals surface area (Å²) in [6, 6.07) is 4.36. The van der Waals surface area contributed by atoms with E-state index in [2.05, 4.69) is 5.32 Å². The number of amides is 1. The molecule has 0 atom stereocenters. The molecule has 1 aromatic rings. The third-order valence-corrected chi connectivity index (χ3v) is 2.79. The van der Waals surface area contributed by atoms with E-state index in [4.69, 9.17) is 0 Å². The standard InChI is InChI=1S/C12H15NO3/c14-10-3-1-2-9(11(10)15)12(16)13-7-6-8-4-5-8/h1-3,8,14-15H,4-7H2,(H,13,16). The third-order valence-electron chi connectivity index (χ3n) is 2.79. The summed E-state index contributed by atoms with van der Waals surface area (Å²) in [5.41, 5.74) is 0.121. The highest BCUT2D eigenvalue weighted by atomic mass is 16.3. The minimum absolute atomic E-state index is 0.121. The van der Waals surface area contributed by atoms with Crippen LogP contribution >= 0.6 is 0 Å². The number of nitrogens with one attached hydrogen (secondary N) is 1. The van der Waals surface area contributed by atoms with Crippen molar-refractivity contribution in [1.29, 1.82) is 0 Å². The van der Waals surface area contributed by atoms with Gasteiger partial charge in [-0.25, -0.2) is 0 Å². The maximum atomic E-state index is 11.6. The molecule has 1 aliphatic carbocycles. The van der Waals surface area contributed by atoms with Crippen LogP contribution in [0.15, 0.2) is 18.2 Å². The van der Waals surface area contributed by atoms with Crippen molar-refractivity contribution in [1.82, 2.24) is 5.32 Å². The molecule has 0 aromatic heterocycles. The summed E-state index contributed by atoms with van der Waals surface area (Å²) in [6.45, 7) is 0.624. The van der Waals surface area contributed by atoms with Crippen LogP contribution in [0.5, 0.6) is 11.5 Å². The fourth-order valence-corrected chi connectivity index (χ4v) is 1.61. The molecular formula is C12H15NO3. The van der Waals surface area contributed by atoms with Gasteiger partial charge in [-0.1, -0.05) is 18.9 Å². The fraction of sp³-hybridized carbons (Fsp3) is 0.417. The second kappa shape index (κ2) is 4.43. The Morgan fingerprint density at radius 1 is 1.38 bits per heavy atom. The Labute approximate surface area is 93.9 Å². The molecule has 2 rings (SSSR count). The lowest BCUT2D eigenvalue weighted by Gasteiger charge is -2.07. The number of carbonyl (C=O) groups is 1. The number of para-hydroxylation sites is 1. The number of benzene rings is 1. The number of carbonyl (C=O) groups excluding carboxylic acids is 1. The summed E-state index contributed by atoms with van der Waals surface area (Å²) in [5, 5.41) is 21.4. The van der Waals surface area contributed by atoms with E-state index in [0.29, 0.717) is 6.54 Å². The predicted octanol–water partition coefficient (Wildman–Crippen LogP) is 1.63. The van der Waals surface area contributed by atoms with Gasteiger partial charge in [-0.05, 0) is 24.5 Å². The monoisotopic (exact) mass is 221 g/mol. The lowest BCUT2D eigenvalue weighted by molar-refractivity contribution is 0.0949. The number of rotatable bonds is 4. The van der Waals surface area contributed by atoms with E-state index in [1.54, 1.807) is 0 Å². The van der Waals surface area contributed by atoms with Crippen LogP contribution in [0, 0.1) is 5.92 Å². The topological polar surface area (TPSA) is 69.6 Å². The summed E-state index contributed by atoms with van der Waals surface area (Å²) in [6.07, 6.45) is 3.51. The van der Waals surface area contributed by atoms with Crippen LogP contribution in [0.25, 0.3) is 0 Å². The minimum atomic E-state index is -0.355. The van der Waals surface area contributed by atoms with Crippen molar-refractivity contribution in [2.75, 3.05) is 6.54 Å². The molecule has 16 heavy (non-hydrogen) atoms. The lowest BCUT2D eigenvalue weighted by atomic mass is 10.1. The van der Waals surface area contributed by atoms with Gasteiger partial charge in [0, 0.05) is 6.54 Å². The summed E-state index contributed by atoms with van der Waals surface area (Å²) in [5.74, 6) is -0.201. The molecule has 1 aromatic carbocycles. The summed E-state index contributed by atoms with van der Waals surface area (Å²) >= 11 is 0. The van der Waals surface area contributed by atoms with E-state index < -0.39 is 0 Å². The van der Waals surface area contributed by atoms with Gasteiger partial charge >= 0.3 is 0 Å². The third kappa shape index (κ3) is 2.45. The number of hydrogen-bond donors (Lipinski definition) is 3. The maximum absolute atomic E-state index is 11.6. The Hall–Kier alpha value is -1.71. The van der Waals surface area contributed by atoms with Gasteiger partial charge in [0.1, 0.15) is 0 Å². The molecule has 0 heterocycles. The van der Waals surface area contributed by atoms with Gasteiger partial charge in [-0.3, -0.25) is 4.79 Å². The summed E-state index contributed by atoms with van der Waals surface area (Å²) in [4.78, 5) is 11.6. The average molecular weight is 221 g/mol. The van der Waals surface area contributed by atoms with Crippen LogP contribution in [0.1, 0.15) is 29.6 Å². The Bertz CT molecular complexity index is 399. The molecule has 0 aliphatic heterocycles. The molecule has 1 aliphatic rings. The molecule has 0 unspecified atom stereocenters. The van der Waals surface area contributed by atoms with Gasteiger partial charge in [0.05, 0.1) is 5.56 Å². The van der Waals surface area contributed by atoms with Gasteiger partial charge < -0.3 is 15.5 Å². The molecule has 1 amide bonds. The number of hydrogen-bond acceptors (Lipinski definition) is 3. The maximum Gasteiger partial charge on any atom is 0.255 e. The van der Waals surface area contributed by atoms with Crippen molar-refractivity contribution in [3.63, 3.8) is 0 Å². The van der Waals surface area contributed by atoms with Crippen LogP contribution < -0.4 is 5.32 Å². The predicted molar refractivity (Wildman–Crippen MR) is 59.4 cm³/mol. The van der Waals surface area contributed by atoms with Crippen molar-refractivity contribution < 1.29 is 15.0 Å². The molecule has 0 radical (unpaired) electrons. The van der Waals surface area contributed by atoms with E-state index in [0.717, 1.165) is 12.3 Å². The largest absolute Gasteiger partial charge is 0.504 e. The second-order valence-corrected chi connectivity index (χ2v) is 4.16. The van der Waals surface area contributed by atoms with Crippen molar-refractivity contribution >= 4 is 5.91 Å². The Morgan fingerprint density at radius 2 is 2.12 bits per heavy atom. The normalized spacial score (nSPS) is 14.8. The van der Waals surface area contributed by atoms with E-state index >= 15 is 0 Å². The molecule has 4 nitrogen and oxygen atoms in total. The van der Waals surface area contributed by atoms with Crippen LogP contribution in [-0.4, -0.2) is 22.7 Å². The number of aromatic hydroxyl groups is 2. The Morgan fingerprint density at radius 3 is 2.81 bits per heavy atom. The second-order valence-electron chi connectivity index (χ2n) is 4.16. The molecule has 0 saturated heterocycles. The molecule has 1 fully saturated rings. The first-order valence-electron chi connectivity index (χ1n) is 5.47. The lowest BCUT2D eigenvalue weighted by Crippen LogP contribution is -2.24. The molecule has 0 bridgehead atoms. The van der Waals surface area contributed by atoms with Crippen molar-refractivity contribution in [2.45, 2.75) is 19.3 Å². The number of phenolic OH excluding ortho intramolecular Hbond substituents is 2. The van der Waals surface area contributed by atoms with Crippen LogP contribution in [0.4, 0.5) is 0 Å². The molecule has 3 N–H and O–H groups in total. The van der Waals surface area contributed by atoms with E-state index in [-0.39, 0.29) is 23.0 Å². The molecule has 4 heteroatoms. The van der Waals surface area contributed by atoms with Gasteiger partial charge in [0.15, 0.2) is 11.5 Å². The summed E-state index contributed by atoms with van der Waals surface area (Å²) in [7, 11) is 0. The SMILES string of the molecule is O=C(NCCC1CC1)c1cccc(O)c1O. The van der Waals surface area contributed by atoms with E-state index in [1.807, 2.05) is 0 Å². The van der Waals surface area contributed by atoms with Gasteiger partial charge in [0.25, 0.3) is 5.91 Å². The highest BCUT2D eigenvalue weighted by Crippen LogP contribution is 2.32. The van der Waals surface area contributed by atoms with Gasteiger partial charge in [-0.15, -0.1) is 0 Å². The molecule has 86 valence electrons. The van der Waals surface area contributed by atoms with Crippen molar-refractivity contribution in [3.05, 3.63) is 23.8 Å². The zero-order valence-electron chi connectivity index (χ0n) is 8.94. The molecule has 0 spiro atoms. The zero-order valence-corrected chi connectivity index (χ0v) is 8.94. The highest BCUT2D eigenvalue weighted by Gasteiger charge is 2.21. The van der Waals surface area contributed by atoms with Crippen molar-refractivity contribution in [3.8, 4) is 11.5 Å². The molecular weight excluding hydrogens is 206 g/mol. The van der Waals surface area contributed by atoms with Gasteiger partial charge in [-0.2, -0.15) is 0 Å². The van der Waals surface area contributed by atoms with E-state index in [1.165, 1.54) is 31.0 Å². The van der Waals surface area contributed by atoms with Gasteiger partial charge in [0.2, 0.25) is 0 Å². The zero-order chi connectivity index (χ0) is 11.5. The van der Waals surface area contributed by atoms with Crippen LogP contribution in [0.2, 0.25) is 0 Å². The number of phenols is 2.